The summed E-state index contributed by atoms with van der Waals surface area (Å²) >= 11 is 1.64. The highest BCUT2D eigenvalue weighted by atomic mass is 32.2. The molecule has 0 aromatic heterocycles. The first-order valence-corrected chi connectivity index (χ1v) is 13.6. The Morgan fingerprint density at radius 3 is 2.58 bits per heavy atom. The lowest BCUT2D eigenvalue weighted by molar-refractivity contribution is 0.0692. The van der Waals surface area contributed by atoms with Gasteiger partial charge in [0.25, 0.3) is 0 Å². The normalized spacial score (nSPS) is 17.7. The number of carboxylic acid groups (broad SMARTS) is 1. The summed E-state index contributed by atoms with van der Waals surface area (Å²) in [5, 5.41) is 9.54. The first kappa shape index (κ1) is 24.7. The minimum atomic E-state index is -1.25. The van der Waals surface area contributed by atoms with Gasteiger partial charge in [0.2, 0.25) is 0 Å². The molecular weight excluding hydrogens is 473 g/mol. The van der Waals surface area contributed by atoms with Crippen molar-refractivity contribution in [3.05, 3.63) is 72.0 Å². The van der Waals surface area contributed by atoms with Crippen molar-refractivity contribution in [1.29, 1.82) is 0 Å². The number of nitrogens with one attached hydrogen (secondary N) is 1. The van der Waals surface area contributed by atoms with Crippen molar-refractivity contribution in [3.63, 3.8) is 0 Å². The molecule has 2 N–H and O–H groups in total. The van der Waals surface area contributed by atoms with Gasteiger partial charge in [-0.15, -0.1) is 0 Å². The maximum atomic E-state index is 14.2. The molecule has 5 nitrogen and oxygen atoms in total. The molecule has 2 aliphatic heterocycles. The maximum Gasteiger partial charge on any atom is 0.338 e. The first-order chi connectivity index (χ1) is 17.5. The molecule has 1 atom stereocenters. The number of aromatic carboxylic acids is 1. The zero-order chi connectivity index (χ0) is 25.1. The Bertz CT molecular complexity index is 1230. The Morgan fingerprint density at radius 1 is 1.08 bits per heavy atom. The molecule has 0 spiro atoms. The molecule has 7 heteroatoms. The lowest BCUT2D eigenvalue weighted by Gasteiger charge is -2.30. The summed E-state index contributed by atoms with van der Waals surface area (Å²) in [6.45, 7) is 4.99. The molecule has 36 heavy (non-hydrogen) atoms. The van der Waals surface area contributed by atoms with Gasteiger partial charge in [-0.25, -0.2) is 9.18 Å². The largest absolute Gasteiger partial charge is 0.478 e. The van der Waals surface area contributed by atoms with E-state index in [1.807, 2.05) is 6.07 Å². The molecule has 188 valence electrons. The Labute approximate surface area is 216 Å². The van der Waals surface area contributed by atoms with Crippen molar-refractivity contribution in [2.75, 3.05) is 29.4 Å². The SMILES string of the molecule is CCCC[C@@H]1CN(c2ccccc2)c2cc(N3CCCC3)c(-c3ccc(F)c(C(=O)O)c3)cc2SN1. The third kappa shape index (κ3) is 5.08. The fourth-order valence-electron chi connectivity index (χ4n) is 5.11. The molecule has 0 unspecified atom stereocenters. The van der Waals surface area contributed by atoms with Gasteiger partial charge in [0, 0.05) is 47.5 Å². The number of halogens is 1. The van der Waals surface area contributed by atoms with Gasteiger partial charge < -0.3 is 14.9 Å². The van der Waals surface area contributed by atoms with Crippen LogP contribution in [0.4, 0.5) is 21.5 Å². The number of unbranched alkanes of at least 4 members (excludes halogenated alkanes) is 1. The standard InChI is InChI=1S/C29H32FN3O2S/c1-2-3-9-21-19-33(22-10-5-4-6-11-22)27-18-26(32-14-7-8-15-32)23(17-28(27)36-31-21)20-12-13-25(30)24(16-20)29(34)35/h4-6,10-13,16-18,21,31H,2-3,7-9,14-15,19H2,1H3,(H,34,35)/t21-/m1/s1. The van der Waals surface area contributed by atoms with Gasteiger partial charge in [0.05, 0.1) is 11.3 Å². The van der Waals surface area contributed by atoms with Crippen LogP contribution in [0.2, 0.25) is 0 Å². The molecule has 2 aliphatic rings. The van der Waals surface area contributed by atoms with Crippen molar-refractivity contribution in [2.45, 2.75) is 50.0 Å². The monoisotopic (exact) mass is 505 g/mol. The van der Waals surface area contributed by atoms with Crippen LogP contribution in [0.15, 0.2) is 65.6 Å². The lowest BCUT2D eigenvalue weighted by Crippen LogP contribution is -2.34. The number of carboxylic acids is 1. The highest BCUT2D eigenvalue weighted by molar-refractivity contribution is 7.97. The van der Waals surface area contributed by atoms with Gasteiger partial charge in [-0.2, -0.15) is 0 Å². The van der Waals surface area contributed by atoms with E-state index in [0.29, 0.717) is 6.04 Å². The number of fused-ring (bicyclic) bond motifs is 1. The van der Waals surface area contributed by atoms with Crippen LogP contribution in [0.1, 0.15) is 49.4 Å². The van der Waals surface area contributed by atoms with Crippen LogP contribution in [0, 0.1) is 5.82 Å². The molecule has 1 fully saturated rings. The molecular formula is C29H32FN3O2S. The summed E-state index contributed by atoms with van der Waals surface area (Å²) in [6.07, 6.45) is 5.65. The van der Waals surface area contributed by atoms with Crippen molar-refractivity contribution in [1.82, 2.24) is 4.72 Å². The quantitative estimate of drug-likeness (QED) is 0.334. The van der Waals surface area contributed by atoms with Gasteiger partial charge in [0.15, 0.2) is 0 Å². The van der Waals surface area contributed by atoms with Crippen molar-refractivity contribution in [2.24, 2.45) is 0 Å². The molecule has 0 aliphatic carbocycles. The first-order valence-electron chi connectivity index (χ1n) is 12.8. The molecule has 0 amide bonds. The third-order valence-corrected chi connectivity index (χ3v) is 8.03. The van der Waals surface area contributed by atoms with E-state index in [2.05, 4.69) is 57.8 Å². The van der Waals surface area contributed by atoms with E-state index in [9.17, 15) is 14.3 Å². The van der Waals surface area contributed by atoms with E-state index in [1.54, 1.807) is 18.0 Å². The molecule has 0 saturated carbocycles. The maximum absolute atomic E-state index is 14.2. The Hall–Kier alpha value is -3.03. The van der Waals surface area contributed by atoms with E-state index >= 15 is 0 Å². The van der Waals surface area contributed by atoms with E-state index in [4.69, 9.17) is 0 Å². The topological polar surface area (TPSA) is 55.8 Å². The number of hydrogen-bond acceptors (Lipinski definition) is 5. The summed E-state index contributed by atoms with van der Waals surface area (Å²) in [5.41, 5.74) is 4.72. The summed E-state index contributed by atoms with van der Waals surface area (Å²) in [5.74, 6) is -1.97. The van der Waals surface area contributed by atoms with Crippen LogP contribution in [0.25, 0.3) is 11.1 Å². The lowest BCUT2D eigenvalue weighted by atomic mass is 9.99. The van der Waals surface area contributed by atoms with E-state index in [1.165, 1.54) is 12.1 Å². The van der Waals surface area contributed by atoms with Crippen molar-refractivity contribution >= 4 is 35.0 Å². The Kier molecular flexibility index (Phi) is 7.48. The summed E-state index contributed by atoms with van der Waals surface area (Å²) < 4.78 is 17.9. The average Bonchev–Trinajstić information content (AvgIpc) is 3.37. The fourth-order valence-corrected chi connectivity index (χ4v) is 6.05. The predicted octanol–water partition coefficient (Wildman–Crippen LogP) is 7.10. The predicted molar refractivity (Wildman–Crippen MR) is 146 cm³/mol. The summed E-state index contributed by atoms with van der Waals surface area (Å²) in [6, 6.07) is 19.6. The number of nitrogens with zero attached hydrogens (tertiary/aromatic N) is 2. The number of para-hydroxylation sites is 1. The smallest absolute Gasteiger partial charge is 0.338 e. The molecule has 2 heterocycles. The molecule has 1 saturated heterocycles. The molecule has 3 aromatic rings. The van der Waals surface area contributed by atoms with Gasteiger partial charge in [-0.3, -0.25) is 4.72 Å². The van der Waals surface area contributed by atoms with Crippen LogP contribution in [-0.4, -0.2) is 36.8 Å². The fraction of sp³-hybridized carbons (Fsp3) is 0.345. The van der Waals surface area contributed by atoms with E-state index in [0.717, 1.165) is 84.8 Å². The zero-order valence-corrected chi connectivity index (χ0v) is 21.4. The summed E-state index contributed by atoms with van der Waals surface area (Å²) in [4.78, 5) is 17.5. The number of carbonyl (C=O) groups is 1. The van der Waals surface area contributed by atoms with Crippen molar-refractivity contribution in [3.8, 4) is 11.1 Å². The van der Waals surface area contributed by atoms with Crippen molar-refractivity contribution < 1.29 is 14.3 Å². The Balaban J connectivity index is 1.66. The number of hydrogen-bond donors (Lipinski definition) is 2. The van der Waals surface area contributed by atoms with Crippen LogP contribution in [-0.2, 0) is 0 Å². The molecule has 5 rings (SSSR count). The number of anilines is 3. The van der Waals surface area contributed by atoms with E-state index in [-0.39, 0.29) is 5.56 Å². The highest BCUT2D eigenvalue weighted by Gasteiger charge is 2.27. The van der Waals surface area contributed by atoms with Crippen LogP contribution in [0.3, 0.4) is 0 Å². The second-order valence-electron chi connectivity index (χ2n) is 9.54. The van der Waals surface area contributed by atoms with Gasteiger partial charge >= 0.3 is 5.97 Å². The Morgan fingerprint density at radius 2 is 1.86 bits per heavy atom. The average molecular weight is 506 g/mol. The second kappa shape index (κ2) is 10.9. The van der Waals surface area contributed by atoms with Gasteiger partial charge in [-0.05, 0) is 73.2 Å². The number of rotatable bonds is 7. The van der Waals surface area contributed by atoms with Crippen LogP contribution < -0.4 is 14.5 Å². The molecule has 0 bridgehead atoms. The molecule has 0 radical (unpaired) electrons. The van der Waals surface area contributed by atoms with E-state index < -0.39 is 11.8 Å². The molecule has 3 aromatic carbocycles. The minimum Gasteiger partial charge on any atom is -0.478 e. The third-order valence-electron chi connectivity index (χ3n) is 7.04. The highest BCUT2D eigenvalue weighted by Crippen LogP contribution is 2.45. The minimum absolute atomic E-state index is 0.300. The summed E-state index contributed by atoms with van der Waals surface area (Å²) in [7, 11) is 0. The second-order valence-corrected chi connectivity index (χ2v) is 10.4. The number of benzene rings is 3. The van der Waals surface area contributed by atoms with Gasteiger partial charge in [-0.1, -0.05) is 44.0 Å². The van der Waals surface area contributed by atoms with Gasteiger partial charge in [0.1, 0.15) is 5.82 Å². The zero-order valence-electron chi connectivity index (χ0n) is 20.5. The van der Waals surface area contributed by atoms with Crippen LogP contribution in [0.5, 0.6) is 0 Å². The van der Waals surface area contributed by atoms with Crippen LogP contribution >= 0.6 is 11.9 Å².